The number of ether oxygens (including phenoxy) is 1. The lowest BCUT2D eigenvalue weighted by molar-refractivity contribution is 0.0833. The Balaban J connectivity index is 2.41. The van der Waals surface area contributed by atoms with Gasteiger partial charge in [0.1, 0.15) is 0 Å². The number of rotatable bonds is 10. The lowest BCUT2D eigenvalue weighted by atomic mass is 9.95. The van der Waals surface area contributed by atoms with Gasteiger partial charge >= 0.3 is 0 Å². The van der Waals surface area contributed by atoms with Gasteiger partial charge in [0.25, 0.3) is 0 Å². The van der Waals surface area contributed by atoms with Crippen LogP contribution < -0.4 is 5.32 Å². The second-order valence-electron chi connectivity index (χ2n) is 6.29. The molecule has 1 unspecified atom stereocenters. The second-order valence-corrected chi connectivity index (χ2v) is 6.29. The Morgan fingerprint density at radius 3 is 2.35 bits per heavy atom. The fourth-order valence-electron chi connectivity index (χ4n) is 3.48. The van der Waals surface area contributed by atoms with Gasteiger partial charge in [0.2, 0.25) is 0 Å². The minimum atomic E-state index is 0.594. The zero-order valence-corrected chi connectivity index (χ0v) is 14.2. The molecule has 1 aliphatic rings. The Bertz CT molecular complexity index is 225. The molecule has 0 bridgehead atoms. The van der Waals surface area contributed by atoms with E-state index >= 15 is 0 Å². The van der Waals surface area contributed by atoms with E-state index in [1.54, 1.807) is 7.11 Å². The van der Waals surface area contributed by atoms with Crippen LogP contribution in [-0.2, 0) is 4.74 Å². The molecule has 0 amide bonds. The van der Waals surface area contributed by atoms with Crippen LogP contribution in [0.4, 0.5) is 0 Å². The number of methoxy groups -OCH3 is 1. The van der Waals surface area contributed by atoms with Crippen molar-refractivity contribution in [2.24, 2.45) is 0 Å². The van der Waals surface area contributed by atoms with Gasteiger partial charge in [-0.2, -0.15) is 0 Å². The molecule has 20 heavy (non-hydrogen) atoms. The Labute approximate surface area is 126 Å². The zero-order chi connectivity index (χ0) is 14.8. The van der Waals surface area contributed by atoms with E-state index in [-0.39, 0.29) is 0 Å². The molecule has 0 aromatic rings. The molecule has 1 atom stereocenters. The Morgan fingerprint density at radius 1 is 1.15 bits per heavy atom. The van der Waals surface area contributed by atoms with Crippen LogP contribution in [0.15, 0.2) is 0 Å². The lowest BCUT2D eigenvalue weighted by Crippen LogP contribution is -2.49. The lowest BCUT2D eigenvalue weighted by Gasteiger charge is -2.37. The first-order valence-corrected chi connectivity index (χ1v) is 8.70. The maximum absolute atomic E-state index is 5.29. The average Bonchev–Trinajstić information content (AvgIpc) is 2.50. The second kappa shape index (κ2) is 10.6. The van der Waals surface area contributed by atoms with E-state index in [0.29, 0.717) is 12.1 Å². The van der Waals surface area contributed by atoms with Gasteiger partial charge in [-0.25, -0.2) is 0 Å². The summed E-state index contributed by atoms with van der Waals surface area (Å²) in [6, 6.07) is 2.04. The molecule has 0 aliphatic heterocycles. The largest absolute Gasteiger partial charge is 0.383 e. The fourth-order valence-corrected chi connectivity index (χ4v) is 3.48. The standard InChI is InChI=1S/C17H36N2O/c1-5-17(6-2)19(12-13-20-4)15(3)14-18-16-10-8-7-9-11-16/h15-18H,5-14H2,1-4H3. The summed E-state index contributed by atoms with van der Waals surface area (Å²) >= 11 is 0. The zero-order valence-electron chi connectivity index (χ0n) is 14.2. The molecule has 0 radical (unpaired) electrons. The third-order valence-electron chi connectivity index (χ3n) is 4.84. The predicted molar refractivity (Wildman–Crippen MR) is 87.3 cm³/mol. The molecule has 0 aromatic heterocycles. The summed E-state index contributed by atoms with van der Waals surface area (Å²) in [5.41, 5.74) is 0. The van der Waals surface area contributed by atoms with Crippen molar-refractivity contribution in [2.75, 3.05) is 26.8 Å². The fraction of sp³-hybridized carbons (Fsp3) is 1.00. The molecule has 3 nitrogen and oxygen atoms in total. The van der Waals surface area contributed by atoms with Crippen molar-refractivity contribution < 1.29 is 4.74 Å². The van der Waals surface area contributed by atoms with Crippen LogP contribution in [0.1, 0.15) is 65.7 Å². The van der Waals surface area contributed by atoms with E-state index in [1.165, 1.54) is 44.9 Å². The van der Waals surface area contributed by atoms with E-state index in [1.807, 2.05) is 0 Å². The van der Waals surface area contributed by atoms with Gasteiger partial charge in [0, 0.05) is 38.3 Å². The molecule has 1 fully saturated rings. The first-order valence-electron chi connectivity index (χ1n) is 8.70. The van der Waals surface area contributed by atoms with Crippen molar-refractivity contribution in [1.82, 2.24) is 10.2 Å². The van der Waals surface area contributed by atoms with Crippen LogP contribution in [0, 0.1) is 0 Å². The van der Waals surface area contributed by atoms with E-state index < -0.39 is 0 Å². The minimum absolute atomic E-state index is 0.594. The predicted octanol–water partition coefficient (Wildman–Crippen LogP) is 3.43. The average molecular weight is 284 g/mol. The van der Waals surface area contributed by atoms with Gasteiger partial charge in [-0.05, 0) is 32.6 Å². The van der Waals surface area contributed by atoms with Crippen molar-refractivity contribution >= 4 is 0 Å². The monoisotopic (exact) mass is 284 g/mol. The molecule has 0 spiro atoms. The summed E-state index contributed by atoms with van der Waals surface area (Å²) < 4.78 is 5.29. The smallest absolute Gasteiger partial charge is 0.0589 e. The SMILES string of the molecule is CCC(CC)N(CCOC)C(C)CNC1CCCCC1. The molecule has 0 heterocycles. The normalized spacial score (nSPS) is 18.9. The summed E-state index contributed by atoms with van der Waals surface area (Å²) in [6.07, 6.45) is 9.45. The molecule has 120 valence electrons. The van der Waals surface area contributed by atoms with E-state index in [9.17, 15) is 0 Å². The van der Waals surface area contributed by atoms with Crippen LogP contribution in [0.2, 0.25) is 0 Å². The van der Waals surface area contributed by atoms with E-state index in [4.69, 9.17) is 4.74 Å². The van der Waals surface area contributed by atoms with Gasteiger partial charge in [0.05, 0.1) is 6.61 Å². The quantitative estimate of drug-likeness (QED) is 0.665. The number of hydrogen-bond acceptors (Lipinski definition) is 3. The van der Waals surface area contributed by atoms with Gasteiger partial charge < -0.3 is 10.1 Å². The third kappa shape index (κ3) is 6.11. The highest BCUT2D eigenvalue weighted by atomic mass is 16.5. The van der Waals surface area contributed by atoms with Crippen molar-refractivity contribution in [3.05, 3.63) is 0 Å². The van der Waals surface area contributed by atoms with E-state index in [2.05, 4.69) is 31.0 Å². The summed E-state index contributed by atoms with van der Waals surface area (Å²) in [6.45, 7) is 9.97. The maximum Gasteiger partial charge on any atom is 0.0589 e. The molecular weight excluding hydrogens is 248 g/mol. The topological polar surface area (TPSA) is 24.5 Å². The number of hydrogen-bond donors (Lipinski definition) is 1. The highest BCUT2D eigenvalue weighted by Crippen LogP contribution is 2.18. The van der Waals surface area contributed by atoms with Gasteiger partial charge in [0.15, 0.2) is 0 Å². The van der Waals surface area contributed by atoms with Crippen molar-refractivity contribution in [3.63, 3.8) is 0 Å². The van der Waals surface area contributed by atoms with Gasteiger partial charge in [-0.3, -0.25) is 4.90 Å². The highest BCUT2D eigenvalue weighted by molar-refractivity contribution is 4.79. The summed E-state index contributed by atoms with van der Waals surface area (Å²) in [5, 5.41) is 3.80. The molecule has 0 saturated heterocycles. The van der Waals surface area contributed by atoms with Crippen molar-refractivity contribution in [3.8, 4) is 0 Å². The van der Waals surface area contributed by atoms with Gasteiger partial charge in [-0.1, -0.05) is 33.1 Å². The summed E-state index contributed by atoms with van der Waals surface area (Å²) in [5.74, 6) is 0. The summed E-state index contributed by atoms with van der Waals surface area (Å²) in [7, 11) is 1.80. The Hall–Kier alpha value is -0.120. The summed E-state index contributed by atoms with van der Waals surface area (Å²) in [4.78, 5) is 2.64. The Kier molecular flexibility index (Phi) is 9.49. The molecule has 3 heteroatoms. The molecule has 1 N–H and O–H groups in total. The first-order chi connectivity index (χ1) is 9.72. The van der Waals surface area contributed by atoms with Crippen molar-refractivity contribution in [2.45, 2.75) is 83.8 Å². The Morgan fingerprint density at radius 2 is 1.80 bits per heavy atom. The third-order valence-corrected chi connectivity index (χ3v) is 4.84. The maximum atomic E-state index is 5.29. The van der Waals surface area contributed by atoms with Crippen LogP contribution in [0.25, 0.3) is 0 Å². The molecule has 1 aliphatic carbocycles. The van der Waals surface area contributed by atoms with Crippen LogP contribution in [-0.4, -0.2) is 49.8 Å². The van der Waals surface area contributed by atoms with Crippen LogP contribution in [0.5, 0.6) is 0 Å². The highest BCUT2D eigenvalue weighted by Gasteiger charge is 2.22. The van der Waals surface area contributed by atoms with Gasteiger partial charge in [-0.15, -0.1) is 0 Å². The van der Waals surface area contributed by atoms with E-state index in [0.717, 1.165) is 25.7 Å². The molecule has 1 saturated carbocycles. The molecular formula is C17H36N2O. The van der Waals surface area contributed by atoms with Crippen molar-refractivity contribution in [1.29, 1.82) is 0 Å². The number of nitrogens with one attached hydrogen (secondary N) is 1. The first kappa shape index (κ1) is 17.9. The molecule has 0 aromatic carbocycles. The van der Waals surface area contributed by atoms with Crippen LogP contribution in [0.3, 0.4) is 0 Å². The number of nitrogens with zero attached hydrogens (tertiary/aromatic N) is 1. The molecule has 1 rings (SSSR count). The minimum Gasteiger partial charge on any atom is -0.383 e. The van der Waals surface area contributed by atoms with Crippen LogP contribution >= 0.6 is 0 Å².